The van der Waals surface area contributed by atoms with E-state index in [1.165, 1.54) is 14.0 Å². The predicted molar refractivity (Wildman–Crippen MR) is 94.4 cm³/mol. The molecule has 3 rings (SSSR count). The Morgan fingerprint density at radius 2 is 1.69 bits per heavy atom. The highest BCUT2D eigenvalue weighted by Crippen LogP contribution is 2.41. The lowest BCUT2D eigenvalue weighted by atomic mass is 9.85. The monoisotopic (exact) mass is 353 g/mol. The highest BCUT2D eigenvalue weighted by Gasteiger charge is 2.57. The van der Waals surface area contributed by atoms with Crippen LogP contribution in [0.5, 0.6) is 0 Å². The first-order valence-corrected chi connectivity index (χ1v) is 8.18. The fourth-order valence-corrected chi connectivity index (χ4v) is 2.99. The molecule has 0 aromatic heterocycles. The second-order valence-electron chi connectivity index (χ2n) is 5.95. The van der Waals surface area contributed by atoms with E-state index in [2.05, 4.69) is 5.16 Å². The number of hydrogen-bond acceptors (Lipinski definition) is 6. The van der Waals surface area contributed by atoms with Gasteiger partial charge in [0.05, 0.1) is 19.2 Å². The third-order valence-electron chi connectivity index (χ3n) is 4.20. The number of methoxy groups -OCH3 is 1. The summed E-state index contributed by atoms with van der Waals surface area (Å²) in [6, 6.07) is 18.3. The van der Waals surface area contributed by atoms with Crippen molar-refractivity contribution in [3.05, 3.63) is 71.8 Å². The summed E-state index contributed by atoms with van der Waals surface area (Å²) < 4.78 is 10.5. The van der Waals surface area contributed by atoms with Crippen molar-refractivity contribution >= 4 is 17.7 Å². The molecule has 0 bridgehead atoms. The number of benzene rings is 2. The Hall–Kier alpha value is -3.15. The van der Waals surface area contributed by atoms with Gasteiger partial charge < -0.3 is 14.3 Å². The van der Waals surface area contributed by atoms with Gasteiger partial charge in [0.25, 0.3) is 5.60 Å². The first-order chi connectivity index (χ1) is 12.6. The van der Waals surface area contributed by atoms with Gasteiger partial charge in [-0.05, 0) is 11.1 Å². The number of hydrogen-bond donors (Lipinski definition) is 0. The van der Waals surface area contributed by atoms with Crippen molar-refractivity contribution in [2.75, 3.05) is 7.11 Å². The van der Waals surface area contributed by atoms with Gasteiger partial charge in [-0.3, -0.25) is 4.79 Å². The summed E-state index contributed by atoms with van der Waals surface area (Å²) in [7, 11) is 1.27. The molecule has 1 aliphatic heterocycles. The maximum Gasteiger partial charge on any atom is 0.357 e. The van der Waals surface area contributed by atoms with Crippen molar-refractivity contribution in [3.8, 4) is 0 Å². The molecule has 6 nitrogen and oxygen atoms in total. The molecule has 0 aliphatic carbocycles. The fraction of sp³-hybridized carbons (Fsp3) is 0.250. The van der Waals surface area contributed by atoms with E-state index in [1.54, 1.807) is 24.3 Å². The van der Waals surface area contributed by atoms with Crippen LogP contribution in [-0.2, 0) is 23.9 Å². The van der Waals surface area contributed by atoms with Gasteiger partial charge in [-0.1, -0.05) is 65.8 Å². The van der Waals surface area contributed by atoms with Crippen LogP contribution >= 0.6 is 0 Å². The van der Waals surface area contributed by atoms with Gasteiger partial charge >= 0.3 is 11.9 Å². The topological polar surface area (TPSA) is 74.2 Å². The molecule has 2 aromatic rings. The fourth-order valence-electron chi connectivity index (χ4n) is 2.99. The maximum atomic E-state index is 12.7. The molecular weight excluding hydrogens is 334 g/mol. The molecule has 134 valence electrons. The molecule has 0 amide bonds. The van der Waals surface area contributed by atoms with Gasteiger partial charge in [-0.25, -0.2) is 4.79 Å². The van der Waals surface area contributed by atoms with E-state index in [0.717, 1.165) is 5.56 Å². The van der Waals surface area contributed by atoms with E-state index in [1.807, 2.05) is 36.4 Å². The molecule has 6 heteroatoms. The smallest absolute Gasteiger partial charge is 0.357 e. The SMILES string of the molecule is COC(=O)[C@@]1([C@H](OC(C)=O)c2ccccc2)CC(c2ccccc2)=NO1. The van der Waals surface area contributed by atoms with Crippen molar-refractivity contribution in [2.24, 2.45) is 5.16 Å². The molecular formula is C20H19NO5. The van der Waals surface area contributed by atoms with Crippen LogP contribution in [-0.4, -0.2) is 30.4 Å². The van der Waals surface area contributed by atoms with Crippen LogP contribution in [0, 0.1) is 0 Å². The van der Waals surface area contributed by atoms with E-state index in [0.29, 0.717) is 11.3 Å². The van der Waals surface area contributed by atoms with Crippen molar-refractivity contribution in [2.45, 2.75) is 25.0 Å². The summed E-state index contributed by atoms with van der Waals surface area (Å²) in [6.45, 7) is 1.29. The largest absolute Gasteiger partial charge is 0.466 e. The zero-order valence-corrected chi connectivity index (χ0v) is 14.5. The number of oxime groups is 1. The van der Waals surface area contributed by atoms with Crippen molar-refractivity contribution in [1.29, 1.82) is 0 Å². The second-order valence-corrected chi connectivity index (χ2v) is 5.95. The van der Waals surface area contributed by atoms with Gasteiger partial charge in [-0.15, -0.1) is 0 Å². The summed E-state index contributed by atoms with van der Waals surface area (Å²) in [5.41, 5.74) is 0.460. The lowest BCUT2D eigenvalue weighted by molar-refractivity contribution is -0.192. The number of esters is 2. The first kappa shape index (κ1) is 17.7. The molecule has 0 N–H and O–H groups in total. The minimum atomic E-state index is -1.58. The van der Waals surface area contributed by atoms with Gasteiger partial charge in [0.15, 0.2) is 6.10 Å². The third-order valence-corrected chi connectivity index (χ3v) is 4.20. The Kier molecular flexibility index (Phi) is 5.02. The summed E-state index contributed by atoms with van der Waals surface area (Å²) in [5.74, 6) is -1.18. The first-order valence-electron chi connectivity index (χ1n) is 8.18. The van der Waals surface area contributed by atoms with Crippen molar-refractivity contribution in [1.82, 2.24) is 0 Å². The van der Waals surface area contributed by atoms with Crippen molar-refractivity contribution < 1.29 is 23.9 Å². The minimum absolute atomic E-state index is 0.122. The van der Waals surface area contributed by atoms with Crippen LogP contribution < -0.4 is 0 Å². The minimum Gasteiger partial charge on any atom is -0.466 e. The van der Waals surface area contributed by atoms with E-state index < -0.39 is 23.6 Å². The molecule has 1 heterocycles. The Morgan fingerprint density at radius 3 is 2.27 bits per heavy atom. The number of carbonyl (C=O) groups excluding carboxylic acids is 2. The zero-order chi connectivity index (χ0) is 18.6. The van der Waals surface area contributed by atoms with Crippen LogP contribution in [0.3, 0.4) is 0 Å². The lowest BCUT2D eigenvalue weighted by Crippen LogP contribution is -2.47. The standard InChI is InChI=1S/C20H19NO5/c1-14(22)25-18(16-11-7-4-8-12-16)20(19(23)24-2)13-17(21-26-20)15-9-5-3-6-10-15/h3-12,18H,13H2,1-2H3/t18-,20+/m1/s1. The molecule has 0 spiro atoms. The number of carbonyl (C=O) groups is 2. The number of rotatable bonds is 5. The average Bonchev–Trinajstić information content (AvgIpc) is 3.13. The van der Waals surface area contributed by atoms with Crippen molar-refractivity contribution in [3.63, 3.8) is 0 Å². The Balaban J connectivity index is 2.02. The molecule has 0 saturated carbocycles. The molecule has 1 aliphatic rings. The van der Waals surface area contributed by atoms with Crippen LogP contribution in [0.2, 0.25) is 0 Å². The maximum absolute atomic E-state index is 12.7. The second kappa shape index (κ2) is 7.39. The highest BCUT2D eigenvalue weighted by atomic mass is 16.7. The molecule has 0 radical (unpaired) electrons. The van der Waals surface area contributed by atoms with Gasteiger partial charge in [-0.2, -0.15) is 0 Å². The van der Waals surface area contributed by atoms with E-state index in [9.17, 15) is 9.59 Å². The van der Waals surface area contributed by atoms with Gasteiger partial charge in [0.2, 0.25) is 0 Å². The van der Waals surface area contributed by atoms with Crippen LogP contribution in [0.15, 0.2) is 65.8 Å². The van der Waals surface area contributed by atoms with Crippen LogP contribution in [0.25, 0.3) is 0 Å². The molecule has 26 heavy (non-hydrogen) atoms. The van der Waals surface area contributed by atoms with E-state index >= 15 is 0 Å². The Morgan fingerprint density at radius 1 is 1.08 bits per heavy atom. The molecule has 2 atom stereocenters. The Bertz CT molecular complexity index is 819. The van der Waals surface area contributed by atoms with E-state index in [4.69, 9.17) is 14.3 Å². The summed E-state index contributed by atoms with van der Waals surface area (Å²) >= 11 is 0. The number of nitrogens with zero attached hydrogens (tertiary/aromatic N) is 1. The van der Waals surface area contributed by atoms with Gasteiger partial charge in [0.1, 0.15) is 0 Å². The normalized spacial score (nSPS) is 19.8. The average molecular weight is 353 g/mol. The molecule has 0 fully saturated rings. The quantitative estimate of drug-likeness (QED) is 0.773. The molecule has 0 unspecified atom stereocenters. The Labute approximate surface area is 151 Å². The molecule has 2 aromatic carbocycles. The lowest BCUT2D eigenvalue weighted by Gasteiger charge is -2.31. The zero-order valence-electron chi connectivity index (χ0n) is 14.5. The third kappa shape index (κ3) is 3.31. The van der Waals surface area contributed by atoms with Crippen LogP contribution in [0.1, 0.15) is 30.6 Å². The predicted octanol–water partition coefficient (Wildman–Crippen LogP) is 3.03. The van der Waals surface area contributed by atoms with E-state index in [-0.39, 0.29) is 6.42 Å². The summed E-state index contributed by atoms with van der Waals surface area (Å²) in [4.78, 5) is 30.0. The number of ether oxygens (including phenoxy) is 2. The highest BCUT2D eigenvalue weighted by molar-refractivity contribution is 6.05. The van der Waals surface area contributed by atoms with Crippen LogP contribution in [0.4, 0.5) is 0 Å². The van der Waals surface area contributed by atoms with Gasteiger partial charge in [0, 0.05) is 6.92 Å². The molecule has 0 saturated heterocycles. The summed E-state index contributed by atoms with van der Waals surface area (Å²) in [6.07, 6.45) is -0.866. The summed E-state index contributed by atoms with van der Waals surface area (Å²) in [5, 5.41) is 4.11.